The third-order valence-corrected chi connectivity index (χ3v) is 5.05. The van der Waals surface area contributed by atoms with Gasteiger partial charge in [0, 0.05) is 19.3 Å². The molecule has 1 atom stereocenters. The number of ether oxygens (including phenoxy) is 3. The molecule has 0 unspecified atom stereocenters. The molecule has 6 nitrogen and oxygen atoms in total. The molecule has 182 valence electrons. The Hall–Kier alpha value is -1.59. The van der Waals surface area contributed by atoms with Crippen LogP contribution in [0.5, 0.6) is 0 Å². The molecule has 0 radical (unpaired) electrons. The lowest BCUT2D eigenvalue weighted by molar-refractivity contribution is -0.166. The van der Waals surface area contributed by atoms with Gasteiger partial charge in [0.2, 0.25) is 0 Å². The van der Waals surface area contributed by atoms with Gasteiger partial charge in [-0.3, -0.25) is 14.4 Å². The Balaban J connectivity index is 3.91. The molecular formula is C25H46O6. The van der Waals surface area contributed by atoms with E-state index in [4.69, 9.17) is 14.2 Å². The van der Waals surface area contributed by atoms with Crippen LogP contribution in [0.25, 0.3) is 0 Å². The highest BCUT2D eigenvalue weighted by Crippen LogP contribution is 2.12. The first-order chi connectivity index (χ1) is 15.0. The van der Waals surface area contributed by atoms with Crippen molar-refractivity contribution < 1.29 is 28.6 Å². The highest BCUT2D eigenvalue weighted by atomic mass is 16.6. The van der Waals surface area contributed by atoms with E-state index in [0.717, 1.165) is 19.3 Å². The number of esters is 3. The molecule has 0 saturated carbocycles. The van der Waals surface area contributed by atoms with E-state index < -0.39 is 6.10 Å². The van der Waals surface area contributed by atoms with Gasteiger partial charge in [-0.2, -0.15) is 0 Å². The number of unbranched alkanes of at least 4 members (excludes halogenated alkanes) is 10. The van der Waals surface area contributed by atoms with E-state index >= 15 is 0 Å². The Morgan fingerprint density at radius 3 is 1.42 bits per heavy atom. The summed E-state index contributed by atoms with van der Waals surface area (Å²) >= 11 is 0. The molecule has 0 bridgehead atoms. The number of hydrogen-bond acceptors (Lipinski definition) is 6. The van der Waals surface area contributed by atoms with Crippen LogP contribution in [-0.4, -0.2) is 37.2 Å². The van der Waals surface area contributed by atoms with Gasteiger partial charge in [0.05, 0.1) is 0 Å². The van der Waals surface area contributed by atoms with Crippen LogP contribution in [0.15, 0.2) is 0 Å². The molecule has 0 aliphatic rings. The average molecular weight is 443 g/mol. The minimum Gasteiger partial charge on any atom is -0.462 e. The van der Waals surface area contributed by atoms with Crippen molar-refractivity contribution in [1.82, 2.24) is 0 Å². The van der Waals surface area contributed by atoms with Crippen LogP contribution < -0.4 is 0 Å². The molecule has 0 amide bonds. The van der Waals surface area contributed by atoms with Crippen molar-refractivity contribution in [2.24, 2.45) is 0 Å². The molecule has 0 spiro atoms. The molecule has 0 aromatic rings. The van der Waals surface area contributed by atoms with Crippen molar-refractivity contribution in [3.05, 3.63) is 0 Å². The molecule has 6 heteroatoms. The molecule has 0 aromatic heterocycles. The fourth-order valence-corrected chi connectivity index (χ4v) is 3.22. The lowest BCUT2D eigenvalue weighted by Gasteiger charge is -2.18. The minimum absolute atomic E-state index is 0.0777. The molecule has 0 aliphatic heterocycles. The second-order valence-corrected chi connectivity index (χ2v) is 8.26. The monoisotopic (exact) mass is 442 g/mol. The predicted molar refractivity (Wildman–Crippen MR) is 123 cm³/mol. The van der Waals surface area contributed by atoms with Gasteiger partial charge in [-0.25, -0.2) is 0 Å². The maximum Gasteiger partial charge on any atom is 0.306 e. The quantitative estimate of drug-likeness (QED) is 0.118. The fraction of sp³-hybridized carbons (Fsp3) is 0.880. The normalized spacial score (nSPS) is 11.7. The van der Waals surface area contributed by atoms with Crippen LogP contribution in [0, 0.1) is 0 Å². The summed E-state index contributed by atoms with van der Waals surface area (Å²) in [5, 5.41) is 0. The second-order valence-electron chi connectivity index (χ2n) is 8.26. The SMILES string of the molecule is CCCCCCCCCCCCCC(=O)OC[C@H](COC(=O)CCC)OC(=O)CCC. The van der Waals surface area contributed by atoms with Gasteiger partial charge >= 0.3 is 17.9 Å². The molecule has 0 aliphatic carbocycles. The van der Waals surface area contributed by atoms with Gasteiger partial charge in [-0.1, -0.05) is 85.0 Å². The van der Waals surface area contributed by atoms with Crippen molar-refractivity contribution >= 4 is 17.9 Å². The standard InChI is InChI=1S/C25H46O6/c1-4-7-8-9-10-11-12-13-14-15-16-19-24(27)30-21-22(31-25(28)18-6-3)20-29-23(26)17-5-2/h22H,4-21H2,1-3H3/t22-/m0/s1. The van der Waals surface area contributed by atoms with Crippen molar-refractivity contribution in [2.45, 2.75) is 130 Å². The van der Waals surface area contributed by atoms with E-state index in [1.54, 1.807) is 0 Å². The summed E-state index contributed by atoms with van der Waals surface area (Å²) < 4.78 is 15.7. The Labute approximate surface area is 189 Å². The van der Waals surface area contributed by atoms with Crippen LogP contribution in [-0.2, 0) is 28.6 Å². The van der Waals surface area contributed by atoms with Crippen LogP contribution >= 0.6 is 0 Å². The Bertz CT molecular complexity index is 463. The zero-order chi connectivity index (χ0) is 23.2. The molecule has 0 rings (SSSR count). The molecule has 31 heavy (non-hydrogen) atoms. The van der Waals surface area contributed by atoms with Gasteiger partial charge in [0.25, 0.3) is 0 Å². The van der Waals surface area contributed by atoms with Crippen LogP contribution in [0.4, 0.5) is 0 Å². The van der Waals surface area contributed by atoms with Gasteiger partial charge in [0.15, 0.2) is 6.10 Å². The van der Waals surface area contributed by atoms with E-state index in [1.807, 2.05) is 13.8 Å². The van der Waals surface area contributed by atoms with Gasteiger partial charge < -0.3 is 14.2 Å². The van der Waals surface area contributed by atoms with E-state index in [9.17, 15) is 14.4 Å². The molecule has 0 fully saturated rings. The molecular weight excluding hydrogens is 396 g/mol. The zero-order valence-electron chi connectivity index (χ0n) is 20.3. The largest absolute Gasteiger partial charge is 0.462 e. The van der Waals surface area contributed by atoms with E-state index in [2.05, 4.69) is 6.92 Å². The summed E-state index contributed by atoms with van der Waals surface area (Å²) in [7, 11) is 0. The van der Waals surface area contributed by atoms with Gasteiger partial charge in [-0.05, 0) is 19.3 Å². The molecule has 0 aromatic carbocycles. The zero-order valence-corrected chi connectivity index (χ0v) is 20.3. The number of hydrogen-bond donors (Lipinski definition) is 0. The van der Waals surface area contributed by atoms with E-state index in [1.165, 1.54) is 51.4 Å². The van der Waals surface area contributed by atoms with Gasteiger partial charge in [-0.15, -0.1) is 0 Å². The third kappa shape index (κ3) is 20.1. The average Bonchev–Trinajstić information content (AvgIpc) is 2.74. The van der Waals surface area contributed by atoms with Crippen LogP contribution in [0.3, 0.4) is 0 Å². The second kappa shape index (κ2) is 21.6. The number of rotatable bonds is 21. The minimum atomic E-state index is -0.749. The van der Waals surface area contributed by atoms with Crippen molar-refractivity contribution in [3.8, 4) is 0 Å². The number of carbonyl (C=O) groups is 3. The summed E-state index contributed by atoms with van der Waals surface area (Å²) in [6, 6.07) is 0. The first-order valence-corrected chi connectivity index (χ1v) is 12.5. The lowest BCUT2D eigenvalue weighted by atomic mass is 10.1. The molecule has 0 saturated heterocycles. The van der Waals surface area contributed by atoms with E-state index in [0.29, 0.717) is 25.7 Å². The third-order valence-electron chi connectivity index (χ3n) is 5.05. The first kappa shape index (κ1) is 29.4. The summed E-state index contributed by atoms with van der Waals surface area (Å²) in [5.41, 5.74) is 0. The topological polar surface area (TPSA) is 78.9 Å². The highest BCUT2D eigenvalue weighted by Gasteiger charge is 2.19. The molecule has 0 heterocycles. The van der Waals surface area contributed by atoms with Crippen molar-refractivity contribution in [3.63, 3.8) is 0 Å². The van der Waals surface area contributed by atoms with Gasteiger partial charge in [0.1, 0.15) is 13.2 Å². The highest BCUT2D eigenvalue weighted by molar-refractivity contribution is 5.71. The van der Waals surface area contributed by atoms with Crippen molar-refractivity contribution in [1.29, 1.82) is 0 Å². The summed E-state index contributed by atoms with van der Waals surface area (Å²) in [5.74, 6) is -1.01. The maximum absolute atomic E-state index is 12.0. The fourth-order valence-electron chi connectivity index (χ4n) is 3.22. The van der Waals surface area contributed by atoms with Crippen LogP contribution in [0.2, 0.25) is 0 Å². The van der Waals surface area contributed by atoms with E-state index in [-0.39, 0.29) is 37.5 Å². The lowest BCUT2D eigenvalue weighted by Crippen LogP contribution is -2.30. The summed E-state index contributed by atoms with van der Waals surface area (Å²) in [6.45, 7) is 5.84. The smallest absolute Gasteiger partial charge is 0.306 e. The summed E-state index contributed by atoms with van der Waals surface area (Å²) in [6.07, 6.45) is 15.0. The van der Waals surface area contributed by atoms with Crippen molar-refractivity contribution in [2.75, 3.05) is 13.2 Å². The first-order valence-electron chi connectivity index (χ1n) is 12.5. The Morgan fingerprint density at radius 2 is 0.935 bits per heavy atom. The maximum atomic E-state index is 12.0. The molecule has 0 N–H and O–H groups in total. The Morgan fingerprint density at radius 1 is 0.516 bits per heavy atom. The Kier molecular flexibility index (Phi) is 20.5. The van der Waals surface area contributed by atoms with Crippen LogP contribution in [0.1, 0.15) is 124 Å². The summed E-state index contributed by atoms with van der Waals surface area (Å²) in [4.78, 5) is 35.3. The predicted octanol–water partition coefficient (Wildman–Crippen LogP) is 6.29. The number of carbonyl (C=O) groups excluding carboxylic acids is 3.